The maximum absolute atomic E-state index is 12.0. The summed E-state index contributed by atoms with van der Waals surface area (Å²) in [4.78, 5) is 12.0. The van der Waals surface area contributed by atoms with Crippen LogP contribution in [0.1, 0.15) is 12.5 Å². The standard InChI is InChI=1S/C16H16N2O2/c1-2-17-13-8-9-15-14(10-13)18(16(19)20-15)11-12-6-4-3-5-7-12/h3-10,17H,2,11H2,1H3. The molecule has 0 bridgehead atoms. The van der Waals surface area contributed by atoms with Gasteiger partial charge < -0.3 is 9.73 Å². The fourth-order valence-electron chi connectivity index (χ4n) is 2.29. The van der Waals surface area contributed by atoms with Crippen LogP contribution in [0.3, 0.4) is 0 Å². The van der Waals surface area contributed by atoms with E-state index in [1.807, 2.05) is 55.5 Å². The van der Waals surface area contributed by atoms with Crippen molar-refractivity contribution >= 4 is 16.8 Å². The Morgan fingerprint density at radius 3 is 2.70 bits per heavy atom. The number of benzene rings is 2. The van der Waals surface area contributed by atoms with Gasteiger partial charge >= 0.3 is 5.76 Å². The van der Waals surface area contributed by atoms with Crippen molar-refractivity contribution in [2.24, 2.45) is 0 Å². The zero-order valence-electron chi connectivity index (χ0n) is 11.3. The minimum atomic E-state index is -0.322. The molecule has 0 atom stereocenters. The second-order valence-corrected chi connectivity index (χ2v) is 4.65. The van der Waals surface area contributed by atoms with E-state index in [0.29, 0.717) is 12.1 Å². The molecule has 0 unspecified atom stereocenters. The van der Waals surface area contributed by atoms with Gasteiger partial charge in [0, 0.05) is 12.2 Å². The number of oxazole rings is 1. The van der Waals surface area contributed by atoms with Crippen molar-refractivity contribution in [3.63, 3.8) is 0 Å². The summed E-state index contributed by atoms with van der Waals surface area (Å²) < 4.78 is 6.94. The highest BCUT2D eigenvalue weighted by Crippen LogP contribution is 2.19. The van der Waals surface area contributed by atoms with E-state index in [4.69, 9.17) is 4.42 Å². The highest BCUT2D eigenvalue weighted by Gasteiger charge is 2.10. The van der Waals surface area contributed by atoms with Gasteiger partial charge in [-0.3, -0.25) is 4.57 Å². The molecule has 4 nitrogen and oxygen atoms in total. The van der Waals surface area contributed by atoms with Crippen molar-refractivity contribution in [2.45, 2.75) is 13.5 Å². The fourth-order valence-corrected chi connectivity index (χ4v) is 2.29. The molecule has 2 aromatic carbocycles. The number of hydrogen-bond acceptors (Lipinski definition) is 3. The number of anilines is 1. The molecule has 0 saturated heterocycles. The molecule has 1 N–H and O–H groups in total. The van der Waals surface area contributed by atoms with Crippen LogP contribution < -0.4 is 11.1 Å². The number of rotatable bonds is 4. The lowest BCUT2D eigenvalue weighted by Crippen LogP contribution is -2.14. The molecule has 4 heteroatoms. The van der Waals surface area contributed by atoms with Crippen LogP contribution in [-0.4, -0.2) is 11.1 Å². The summed E-state index contributed by atoms with van der Waals surface area (Å²) in [6.07, 6.45) is 0. The van der Waals surface area contributed by atoms with Crippen LogP contribution in [0, 0.1) is 0 Å². The van der Waals surface area contributed by atoms with Crippen molar-refractivity contribution in [1.29, 1.82) is 0 Å². The number of nitrogens with zero attached hydrogens (tertiary/aromatic N) is 1. The van der Waals surface area contributed by atoms with Gasteiger partial charge in [0.05, 0.1) is 12.1 Å². The highest BCUT2D eigenvalue weighted by molar-refractivity contribution is 5.77. The van der Waals surface area contributed by atoms with Crippen LogP contribution >= 0.6 is 0 Å². The summed E-state index contributed by atoms with van der Waals surface area (Å²) in [5, 5.41) is 3.24. The Morgan fingerprint density at radius 1 is 1.15 bits per heavy atom. The van der Waals surface area contributed by atoms with Gasteiger partial charge in [-0.05, 0) is 30.7 Å². The van der Waals surface area contributed by atoms with Gasteiger partial charge in [-0.15, -0.1) is 0 Å². The third-order valence-electron chi connectivity index (χ3n) is 3.23. The molecular weight excluding hydrogens is 252 g/mol. The minimum absolute atomic E-state index is 0.322. The molecule has 0 aliphatic heterocycles. The molecule has 3 aromatic rings. The molecule has 0 fully saturated rings. The fraction of sp³-hybridized carbons (Fsp3) is 0.188. The average molecular weight is 268 g/mol. The predicted molar refractivity (Wildman–Crippen MR) is 80.2 cm³/mol. The second-order valence-electron chi connectivity index (χ2n) is 4.65. The summed E-state index contributed by atoms with van der Waals surface area (Å²) in [6, 6.07) is 15.6. The SMILES string of the molecule is CCNc1ccc2oc(=O)n(Cc3ccccc3)c2c1. The van der Waals surface area contributed by atoms with Crippen molar-refractivity contribution in [1.82, 2.24) is 4.57 Å². The first-order valence-corrected chi connectivity index (χ1v) is 6.69. The Balaban J connectivity index is 2.07. The van der Waals surface area contributed by atoms with E-state index in [9.17, 15) is 4.79 Å². The average Bonchev–Trinajstić information content (AvgIpc) is 2.77. The summed E-state index contributed by atoms with van der Waals surface area (Å²) in [7, 11) is 0. The summed E-state index contributed by atoms with van der Waals surface area (Å²) in [6.45, 7) is 3.39. The number of hydrogen-bond donors (Lipinski definition) is 1. The third kappa shape index (κ3) is 2.32. The number of nitrogens with one attached hydrogen (secondary N) is 1. The molecule has 20 heavy (non-hydrogen) atoms. The van der Waals surface area contributed by atoms with Crippen LogP contribution in [-0.2, 0) is 6.54 Å². The molecule has 3 rings (SSSR count). The molecule has 0 amide bonds. The van der Waals surface area contributed by atoms with Crippen LogP contribution in [0.4, 0.5) is 5.69 Å². The van der Waals surface area contributed by atoms with Crippen LogP contribution in [0.5, 0.6) is 0 Å². The summed E-state index contributed by atoms with van der Waals surface area (Å²) in [5.74, 6) is -0.322. The van der Waals surface area contributed by atoms with Gasteiger partial charge in [0.25, 0.3) is 0 Å². The molecular formula is C16H16N2O2. The van der Waals surface area contributed by atoms with E-state index >= 15 is 0 Å². The molecule has 102 valence electrons. The smallest absolute Gasteiger partial charge is 0.408 e. The van der Waals surface area contributed by atoms with E-state index in [-0.39, 0.29) is 5.76 Å². The highest BCUT2D eigenvalue weighted by atomic mass is 16.4. The van der Waals surface area contributed by atoms with Gasteiger partial charge in [0.15, 0.2) is 5.58 Å². The molecule has 1 aromatic heterocycles. The van der Waals surface area contributed by atoms with Crippen molar-refractivity contribution in [3.05, 3.63) is 64.6 Å². The molecule has 1 heterocycles. The number of fused-ring (bicyclic) bond motifs is 1. The van der Waals surface area contributed by atoms with Crippen LogP contribution in [0.2, 0.25) is 0 Å². The molecule has 0 spiro atoms. The first kappa shape index (κ1) is 12.5. The number of aromatic nitrogens is 1. The maximum atomic E-state index is 12.0. The lowest BCUT2D eigenvalue weighted by Gasteiger charge is -2.05. The van der Waals surface area contributed by atoms with Gasteiger partial charge in [-0.1, -0.05) is 30.3 Å². The van der Waals surface area contributed by atoms with E-state index in [1.54, 1.807) is 4.57 Å². The topological polar surface area (TPSA) is 47.2 Å². The molecule has 0 aliphatic carbocycles. The van der Waals surface area contributed by atoms with Crippen molar-refractivity contribution < 1.29 is 4.42 Å². The normalized spacial score (nSPS) is 10.8. The first-order chi connectivity index (χ1) is 9.78. The Bertz CT molecular complexity index is 772. The summed E-state index contributed by atoms with van der Waals surface area (Å²) in [5.41, 5.74) is 3.50. The monoisotopic (exact) mass is 268 g/mol. The van der Waals surface area contributed by atoms with E-state index < -0.39 is 0 Å². The van der Waals surface area contributed by atoms with E-state index in [1.165, 1.54) is 0 Å². The van der Waals surface area contributed by atoms with E-state index in [2.05, 4.69) is 5.32 Å². The zero-order chi connectivity index (χ0) is 13.9. The molecule has 0 radical (unpaired) electrons. The van der Waals surface area contributed by atoms with Gasteiger partial charge in [-0.2, -0.15) is 0 Å². The lowest BCUT2D eigenvalue weighted by molar-refractivity contribution is 0.517. The van der Waals surface area contributed by atoms with Crippen LogP contribution in [0.15, 0.2) is 57.7 Å². The lowest BCUT2D eigenvalue weighted by atomic mass is 10.2. The van der Waals surface area contributed by atoms with Crippen molar-refractivity contribution in [3.8, 4) is 0 Å². The predicted octanol–water partition coefficient (Wildman–Crippen LogP) is 3.07. The quantitative estimate of drug-likeness (QED) is 0.791. The Kier molecular flexibility index (Phi) is 3.29. The second kappa shape index (κ2) is 5.25. The van der Waals surface area contributed by atoms with Gasteiger partial charge in [0.1, 0.15) is 0 Å². The van der Waals surface area contributed by atoms with Gasteiger partial charge in [0.2, 0.25) is 0 Å². The van der Waals surface area contributed by atoms with E-state index in [0.717, 1.165) is 23.3 Å². The van der Waals surface area contributed by atoms with Crippen molar-refractivity contribution in [2.75, 3.05) is 11.9 Å². The molecule has 0 saturated carbocycles. The Labute approximate surface area is 116 Å². The Hall–Kier alpha value is -2.49. The Morgan fingerprint density at radius 2 is 1.95 bits per heavy atom. The minimum Gasteiger partial charge on any atom is -0.408 e. The largest absolute Gasteiger partial charge is 0.420 e. The van der Waals surface area contributed by atoms with Gasteiger partial charge in [-0.25, -0.2) is 4.79 Å². The molecule has 0 aliphatic rings. The first-order valence-electron chi connectivity index (χ1n) is 6.69. The van der Waals surface area contributed by atoms with Crippen LogP contribution in [0.25, 0.3) is 11.1 Å². The summed E-state index contributed by atoms with van der Waals surface area (Å²) >= 11 is 0. The zero-order valence-corrected chi connectivity index (χ0v) is 11.3. The maximum Gasteiger partial charge on any atom is 0.420 e. The third-order valence-corrected chi connectivity index (χ3v) is 3.23.